The van der Waals surface area contributed by atoms with Crippen LogP contribution in [0.2, 0.25) is 0 Å². The predicted octanol–water partition coefficient (Wildman–Crippen LogP) is -1.51. The van der Waals surface area contributed by atoms with Crippen LogP contribution in [0.4, 0.5) is 0 Å². The van der Waals surface area contributed by atoms with Gasteiger partial charge in [0.05, 0.1) is 47.6 Å². The van der Waals surface area contributed by atoms with E-state index in [0.717, 1.165) is 5.57 Å². The van der Waals surface area contributed by atoms with E-state index >= 15 is 0 Å². The van der Waals surface area contributed by atoms with Crippen molar-refractivity contribution in [1.82, 2.24) is 0 Å². The highest BCUT2D eigenvalue weighted by Gasteiger charge is 2.75. The van der Waals surface area contributed by atoms with Crippen molar-refractivity contribution in [3.8, 4) is 0 Å². The number of aliphatic hydroxyl groups excluding tert-OH is 6. The van der Waals surface area contributed by atoms with E-state index in [1.165, 1.54) is 13.0 Å². The van der Waals surface area contributed by atoms with Gasteiger partial charge in [-0.2, -0.15) is 0 Å². The molecule has 6 rings (SSSR count). The fraction of sp³-hybridized carbons (Fsp3) is 0.897. The van der Waals surface area contributed by atoms with Crippen LogP contribution in [0.3, 0.4) is 0 Å². The monoisotopic (exact) mass is 584 g/mol. The van der Waals surface area contributed by atoms with Crippen molar-refractivity contribution in [2.24, 2.45) is 28.6 Å². The van der Waals surface area contributed by atoms with Crippen molar-refractivity contribution in [1.29, 1.82) is 0 Å². The fourth-order valence-corrected chi connectivity index (χ4v) is 10.1. The van der Waals surface area contributed by atoms with Crippen LogP contribution in [-0.4, -0.2) is 120 Å². The van der Waals surface area contributed by atoms with Crippen molar-refractivity contribution >= 4 is 5.97 Å². The number of hydrogen-bond donors (Lipinski definition) is 8. The molecule has 4 aliphatic carbocycles. The Morgan fingerprint density at radius 3 is 2.41 bits per heavy atom. The number of rotatable bonds is 4. The molecule has 12 nitrogen and oxygen atoms in total. The summed E-state index contributed by atoms with van der Waals surface area (Å²) in [4.78, 5) is 11.8. The summed E-state index contributed by atoms with van der Waals surface area (Å²) < 4.78 is 16.7. The van der Waals surface area contributed by atoms with Crippen LogP contribution in [0.5, 0.6) is 0 Å². The lowest BCUT2D eigenvalue weighted by molar-refractivity contribution is -0.342. The van der Waals surface area contributed by atoms with Crippen LogP contribution in [0.25, 0.3) is 0 Å². The SMILES string of the molecule is C[C@@H]1O[C@H](O[C@H]2C[C@@H](O)[C@]3(CO)[C@H]4[C@H](O)C[C@@]5(C)[C@@H](C6=CC(=O)OC6)CC[C@@]5(O)[C@H]4CC[C@]3(O)C2)[C@H](O)[C@@H](O)[C@@H]1O. The number of carbonyl (C=O) groups is 1. The first-order valence-corrected chi connectivity index (χ1v) is 14.9. The molecular weight excluding hydrogens is 540 g/mol. The quantitative estimate of drug-likeness (QED) is 0.140. The molecule has 0 amide bonds. The highest BCUT2D eigenvalue weighted by atomic mass is 16.7. The fourth-order valence-electron chi connectivity index (χ4n) is 10.1. The Morgan fingerprint density at radius 2 is 1.76 bits per heavy atom. The van der Waals surface area contributed by atoms with E-state index in [9.17, 15) is 45.6 Å². The predicted molar refractivity (Wildman–Crippen MR) is 139 cm³/mol. The normalized spacial score (nSPS) is 56.9. The summed E-state index contributed by atoms with van der Waals surface area (Å²) >= 11 is 0. The molecule has 15 atom stereocenters. The van der Waals surface area contributed by atoms with Gasteiger partial charge in [-0.25, -0.2) is 4.79 Å². The minimum atomic E-state index is -1.67. The van der Waals surface area contributed by atoms with Crippen LogP contribution in [0.1, 0.15) is 58.8 Å². The maximum Gasteiger partial charge on any atom is 0.331 e. The summed E-state index contributed by atoms with van der Waals surface area (Å²) in [6.07, 6.45) is -6.68. The lowest BCUT2D eigenvalue weighted by atomic mass is 9.40. The maximum absolute atomic E-state index is 12.4. The Hall–Kier alpha value is -1.19. The second-order valence-corrected chi connectivity index (χ2v) is 13.8. The molecule has 0 aromatic carbocycles. The second-order valence-electron chi connectivity index (χ2n) is 13.8. The molecule has 6 aliphatic rings. The topological polar surface area (TPSA) is 207 Å². The zero-order valence-corrected chi connectivity index (χ0v) is 23.5. The van der Waals surface area contributed by atoms with Crippen molar-refractivity contribution in [3.05, 3.63) is 11.6 Å². The van der Waals surface area contributed by atoms with Gasteiger partial charge in [-0.3, -0.25) is 0 Å². The molecule has 0 unspecified atom stereocenters. The van der Waals surface area contributed by atoms with Crippen LogP contribution in [-0.2, 0) is 19.0 Å². The van der Waals surface area contributed by atoms with E-state index in [2.05, 4.69) is 0 Å². The second kappa shape index (κ2) is 9.91. The van der Waals surface area contributed by atoms with E-state index < -0.39 is 95.5 Å². The largest absolute Gasteiger partial charge is 0.458 e. The van der Waals surface area contributed by atoms with Crippen molar-refractivity contribution in [3.63, 3.8) is 0 Å². The summed E-state index contributed by atoms with van der Waals surface area (Å²) in [5.74, 6) is -1.93. The first-order chi connectivity index (χ1) is 19.2. The Labute approximate surface area is 238 Å². The average Bonchev–Trinajstić information content (AvgIpc) is 3.45. The molecule has 41 heavy (non-hydrogen) atoms. The van der Waals surface area contributed by atoms with E-state index in [-0.39, 0.29) is 38.2 Å². The van der Waals surface area contributed by atoms with Gasteiger partial charge in [-0.1, -0.05) is 6.92 Å². The average molecular weight is 585 g/mol. The van der Waals surface area contributed by atoms with Gasteiger partial charge in [-0.15, -0.1) is 0 Å². The molecule has 232 valence electrons. The van der Waals surface area contributed by atoms with Gasteiger partial charge in [0.25, 0.3) is 0 Å². The molecule has 2 aliphatic heterocycles. The standard InChI is InChI=1S/C29H44O12/c1-13-22(34)23(35)24(36)25(40-13)41-15-8-19(32)28(12-30)21-17(3-5-27(28,37)9-15)29(38)6-4-16(14-7-20(33)39-11-14)26(29,2)10-18(21)31/h7,13,15-19,21-25,30-32,34-38H,3-6,8-12H2,1-2H3/t13-,15-,16+,17-,18+,19+,21+,22+,23-,24+,25+,26-,27-,28+,29+/m0/s1. The molecule has 8 N–H and O–H groups in total. The van der Waals surface area contributed by atoms with Gasteiger partial charge in [0, 0.05) is 30.3 Å². The van der Waals surface area contributed by atoms with E-state index in [1.54, 1.807) is 0 Å². The Bertz CT molecular complexity index is 1080. The summed E-state index contributed by atoms with van der Waals surface area (Å²) in [5.41, 5.74) is -4.46. The number of hydrogen-bond acceptors (Lipinski definition) is 12. The van der Waals surface area contributed by atoms with Crippen molar-refractivity contribution < 1.29 is 59.9 Å². The Morgan fingerprint density at radius 1 is 1.02 bits per heavy atom. The molecule has 12 heteroatoms. The number of cyclic esters (lactones) is 1. The third-order valence-electron chi connectivity index (χ3n) is 12.2. The van der Waals surface area contributed by atoms with Crippen molar-refractivity contribution in [2.75, 3.05) is 13.2 Å². The van der Waals surface area contributed by atoms with Crippen LogP contribution < -0.4 is 0 Å². The molecule has 0 spiro atoms. The number of aliphatic hydroxyl groups is 8. The number of esters is 1. The summed E-state index contributed by atoms with van der Waals surface area (Å²) in [7, 11) is 0. The van der Waals surface area contributed by atoms with Crippen LogP contribution in [0.15, 0.2) is 11.6 Å². The minimum absolute atomic E-state index is 0.0369. The zero-order valence-electron chi connectivity index (χ0n) is 23.5. The maximum atomic E-state index is 12.4. The molecule has 0 bridgehead atoms. The number of fused-ring (bicyclic) bond motifs is 5. The molecule has 5 fully saturated rings. The number of carbonyl (C=O) groups excluding carboxylic acids is 1. The number of ether oxygens (including phenoxy) is 3. The van der Waals surface area contributed by atoms with Gasteiger partial charge in [0.15, 0.2) is 6.29 Å². The molecule has 0 radical (unpaired) electrons. The van der Waals surface area contributed by atoms with Gasteiger partial charge in [-0.05, 0) is 56.4 Å². The zero-order chi connectivity index (χ0) is 29.7. The third kappa shape index (κ3) is 3.99. The van der Waals surface area contributed by atoms with Gasteiger partial charge in [0.2, 0.25) is 0 Å². The first kappa shape index (κ1) is 29.9. The Balaban J connectivity index is 1.28. The smallest absolute Gasteiger partial charge is 0.331 e. The van der Waals surface area contributed by atoms with Gasteiger partial charge >= 0.3 is 5.97 Å². The van der Waals surface area contributed by atoms with E-state index in [1.807, 2.05) is 6.92 Å². The van der Waals surface area contributed by atoms with Crippen LogP contribution >= 0.6 is 0 Å². The molecule has 0 aromatic rings. The molecule has 1 saturated heterocycles. The summed E-state index contributed by atoms with van der Waals surface area (Å²) in [6.45, 7) is 3.00. The third-order valence-corrected chi connectivity index (χ3v) is 12.2. The minimum Gasteiger partial charge on any atom is -0.458 e. The highest BCUT2D eigenvalue weighted by molar-refractivity contribution is 5.85. The highest BCUT2D eigenvalue weighted by Crippen LogP contribution is 2.70. The molecule has 2 heterocycles. The van der Waals surface area contributed by atoms with Crippen LogP contribution in [0, 0.1) is 28.6 Å². The lowest BCUT2D eigenvalue weighted by Crippen LogP contribution is -2.76. The summed E-state index contributed by atoms with van der Waals surface area (Å²) in [5, 5.41) is 89.6. The molecule has 4 saturated carbocycles. The van der Waals surface area contributed by atoms with Gasteiger partial charge in [0.1, 0.15) is 24.9 Å². The molecule has 0 aromatic heterocycles. The summed E-state index contributed by atoms with van der Waals surface area (Å²) in [6, 6.07) is 0. The first-order valence-electron chi connectivity index (χ1n) is 14.9. The Kier molecular flexibility index (Phi) is 7.22. The van der Waals surface area contributed by atoms with E-state index in [0.29, 0.717) is 19.3 Å². The van der Waals surface area contributed by atoms with Gasteiger partial charge < -0.3 is 55.1 Å². The molecular formula is C29H44O12. The van der Waals surface area contributed by atoms with Crippen molar-refractivity contribution in [2.45, 2.75) is 119 Å². The lowest BCUT2D eigenvalue weighted by Gasteiger charge is -2.68. The van der Waals surface area contributed by atoms with E-state index in [4.69, 9.17) is 14.2 Å².